The van der Waals surface area contributed by atoms with E-state index < -0.39 is 81.6 Å². The maximum absolute atomic E-state index is 12.5. The smallest absolute Gasteiger partial charge is 0.485 e. The van der Waals surface area contributed by atoms with E-state index in [-0.39, 0.29) is 11.1 Å². The summed E-state index contributed by atoms with van der Waals surface area (Å²) in [7, 11) is -5.21. The molecule has 0 fully saturated rings. The lowest BCUT2D eigenvalue weighted by Crippen LogP contribution is -2.34. The van der Waals surface area contributed by atoms with E-state index in [9.17, 15) is 40.8 Å². The van der Waals surface area contributed by atoms with Crippen LogP contribution in [0.25, 0.3) is 0 Å². The first-order valence-corrected chi connectivity index (χ1v) is 12.3. The Morgan fingerprint density at radius 2 is 1.27 bits per heavy atom. The first-order valence-electron chi connectivity index (χ1n) is 10.8. The van der Waals surface area contributed by atoms with Crippen molar-refractivity contribution < 1.29 is 78.8 Å². The van der Waals surface area contributed by atoms with Gasteiger partial charge in [-0.2, -0.15) is 0 Å². The fraction of sp³-hybridized carbons (Fsp3) is 0.318. The summed E-state index contributed by atoms with van der Waals surface area (Å²) in [6.45, 7) is -1.92. The largest absolute Gasteiger partial charge is 0.573 e. The van der Waals surface area contributed by atoms with Gasteiger partial charge in [0.05, 0.1) is 6.61 Å². The first kappa shape index (κ1) is 31.0. The predicted octanol–water partition coefficient (Wildman–Crippen LogP) is 3.82. The fourth-order valence-corrected chi connectivity index (χ4v) is 3.76. The quantitative estimate of drug-likeness (QED) is 0.184. The molecule has 2 aromatic rings. The van der Waals surface area contributed by atoms with Crippen LogP contribution in [0.15, 0.2) is 60.0 Å². The van der Waals surface area contributed by atoms with Crippen molar-refractivity contribution >= 4 is 13.8 Å². The van der Waals surface area contributed by atoms with E-state index >= 15 is 0 Å². The number of hydrogen-bond acceptors (Lipinski definition) is 9. The molecular formula is C22H19F6O11P. The maximum Gasteiger partial charge on any atom is 0.573 e. The van der Waals surface area contributed by atoms with Crippen molar-refractivity contribution in [3.8, 4) is 11.5 Å². The normalized spacial score (nSPS) is 16.9. The third-order valence-electron chi connectivity index (χ3n) is 4.78. The number of cyclic esters (lactones) is 1. The van der Waals surface area contributed by atoms with Gasteiger partial charge in [0, 0.05) is 0 Å². The van der Waals surface area contributed by atoms with Gasteiger partial charge in [0.2, 0.25) is 5.76 Å². The summed E-state index contributed by atoms with van der Waals surface area (Å²) in [5.41, 5.74) is 0.499. The van der Waals surface area contributed by atoms with Gasteiger partial charge in [0.1, 0.15) is 30.8 Å². The van der Waals surface area contributed by atoms with Crippen molar-refractivity contribution in [3.05, 3.63) is 71.2 Å². The van der Waals surface area contributed by atoms with Gasteiger partial charge in [-0.25, -0.2) is 9.36 Å². The lowest BCUT2D eigenvalue weighted by atomic mass is 10.1. The minimum Gasteiger partial charge on any atom is -0.485 e. The third-order valence-corrected chi connectivity index (χ3v) is 5.33. The van der Waals surface area contributed by atoms with Gasteiger partial charge in [-0.1, -0.05) is 24.3 Å². The zero-order chi connectivity index (χ0) is 29.7. The zero-order valence-corrected chi connectivity index (χ0v) is 20.6. The van der Waals surface area contributed by atoms with E-state index in [4.69, 9.17) is 24.0 Å². The average Bonchev–Trinajstić information content (AvgIpc) is 3.14. The predicted molar refractivity (Wildman–Crippen MR) is 117 cm³/mol. The van der Waals surface area contributed by atoms with Crippen molar-refractivity contribution in [1.82, 2.24) is 0 Å². The summed E-state index contributed by atoms with van der Waals surface area (Å²) < 4.78 is 113. The summed E-state index contributed by atoms with van der Waals surface area (Å²) in [5, 5.41) is 9.59. The molecule has 220 valence electrons. The number of carbonyl (C=O) groups is 1. The molecule has 0 bridgehead atoms. The number of phosphoric ester groups is 1. The van der Waals surface area contributed by atoms with Crippen molar-refractivity contribution in [2.45, 2.75) is 38.1 Å². The van der Waals surface area contributed by atoms with Gasteiger partial charge in [-0.05, 0) is 35.4 Å². The van der Waals surface area contributed by atoms with E-state index in [0.29, 0.717) is 0 Å². The van der Waals surface area contributed by atoms with Gasteiger partial charge in [0.25, 0.3) is 0 Å². The highest BCUT2D eigenvalue weighted by Gasteiger charge is 2.45. The second-order valence-electron chi connectivity index (χ2n) is 7.80. The minimum atomic E-state index is -5.21. The molecule has 18 heteroatoms. The molecule has 2 aromatic carbocycles. The van der Waals surface area contributed by atoms with Gasteiger partial charge in [0.15, 0.2) is 11.9 Å². The number of ether oxygens (including phenoxy) is 5. The van der Waals surface area contributed by atoms with E-state index in [0.717, 1.165) is 24.3 Å². The Bertz CT molecular complexity index is 1240. The second-order valence-corrected chi connectivity index (χ2v) is 8.99. The molecule has 11 nitrogen and oxygen atoms in total. The molecule has 40 heavy (non-hydrogen) atoms. The van der Waals surface area contributed by atoms with Crippen molar-refractivity contribution in [1.29, 1.82) is 0 Å². The van der Waals surface area contributed by atoms with Crippen LogP contribution in [0.4, 0.5) is 26.3 Å². The van der Waals surface area contributed by atoms with Crippen LogP contribution < -0.4 is 9.47 Å². The number of alkyl halides is 6. The number of carbonyl (C=O) groups excluding carboxylic acids is 1. The number of hydrogen-bond donors (Lipinski definition) is 3. The lowest BCUT2D eigenvalue weighted by Gasteiger charge is -2.23. The highest BCUT2D eigenvalue weighted by molar-refractivity contribution is 7.46. The molecule has 0 aromatic heterocycles. The van der Waals surface area contributed by atoms with Crippen LogP contribution in [-0.2, 0) is 41.3 Å². The Morgan fingerprint density at radius 3 is 1.68 bits per heavy atom. The molecule has 0 aliphatic carbocycles. The Balaban J connectivity index is 1.81. The fourth-order valence-electron chi connectivity index (χ4n) is 3.23. The molecule has 1 aliphatic heterocycles. The Kier molecular flexibility index (Phi) is 9.58. The van der Waals surface area contributed by atoms with Gasteiger partial charge < -0.3 is 38.6 Å². The van der Waals surface area contributed by atoms with Crippen molar-refractivity contribution in [2.75, 3.05) is 6.61 Å². The van der Waals surface area contributed by atoms with Crippen LogP contribution >= 0.6 is 7.82 Å². The van der Waals surface area contributed by atoms with E-state index in [1.165, 1.54) is 24.3 Å². The first-order chi connectivity index (χ1) is 18.5. The number of rotatable bonds is 12. The lowest BCUT2D eigenvalue weighted by molar-refractivity contribution is -0.275. The van der Waals surface area contributed by atoms with Crippen LogP contribution in [0, 0.1) is 0 Å². The summed E-state index contributed by atoms with van der Waals surface area (Å²) in [5.74, 6) is -3.35. The molecule has 3 rings (SSSR count). The Morgan fingerprint density at radius 1 is 0.825 bits per heavy atom. The maximum atomic E-state index is 12.5. The average molecular weight is 604 g/mol. The zero-order valence-electron chi connectivity index (χ0n) is 19.7. The standard InChI is InChI=1S/C22H19F6O11P/c23-21(24,25)37-14-5-1-12(2-6-14)10-34-18-17(16(9-29)39-40(31,32)33)36-20(30)19(18)35-11-13-3-7-15(8-4-13)38-22(26,27)28/h1-8,16-17,29H,9-11H2,(H2,31,32,33). The summed E-state index contributed by atoms with van der Waals surface area (Å²) in [6.07, 6.45) is -13.4. The van der Waals surface area contributed by atoms with Gasteiger partial charge in [-0.15, -0.1) is 26.3 Å². The van der Waals surface area contributed by atoms with Crippen LogP contribution in [-0.4, -0.2) is 52.4 Å². The Labute approximate surface area is 220 Å². The summed E-state index contributed by atoms with van der Waals surface area (Å²) in [4.78, 5) is 30.8. The molecule has 1 aliphatic rings. The molecule has 0 radical (unpaired) electrons. The highest BCUT2D eigenvalue weighted by atomic mass is 31.2. The monoisotopic (exact) mass is 604 g/mol. The minimum absolute atomic E-state index is 0.246. The number of aliphatic hydroxyl groups is 1. The molecule has 2 unspecified atom stereocenters. The third kappa shape index (κ3) is 9.60. The van der Waals surface area contributed by atoms with Crippen LogP contribution in [0.3, 0.4) is 0 Å². The molecule has 0 saturated carbocycles. The van der Waals surface area contributed by atoms with Crippen LogP contribution in [0.5, 0.6) is 11.5 Å². The van der Waals surface area contributed by atoms with E-state index in [1.54, 1.807) is 0 Å². The molecule has 2 atom stereocenters. The summed E-state index contributed by atoms with van der Waals surface area (Å²) >= 11 is 0. The molecular weight excluding hydrogens is 585 g/mol. The topological polar surface area (TPSA) is 150 Å². The second kappa shape index (κ2) is 12.3. The molecule has 3 N–H and O–H groups in total. The van der Waals surface area contributed by atoms with Gasteiger partial charge in [-0.3, -0.25) is 4.52 Å². The summed E-state index contributed by atoms with van der Waals surface area (Å²) in [6, 6.07) is 8.68. The molecule has 0 spiro atoms. The van der Waals surface area contributed by atoms with Crippen LogP contribution in [0.1, 0.15) is 11.1 Å². The number of halogens is 6. The van der Waals surface area contributed by atoms with Crippen LogP contribution in [0.2, 0.25) is 0 Å². The van der Waals surface area contributed by atoms with Crippen molar-refractivity contribution in [3.63, 3.8) is 0 Å². The molecule has 0 amide bonds. The highest BCUT2D eigenvalue weighted by Crippen LogP contribution is 2.41. The number of esters is 1. The molecule has 1 heterocycles. The Hall–Kier alpha value is -3.50. The van der Waals surface area contributed by atoms with Gasteiger partial charge >= 0.3 is 26.5 Å². The molecule has 0 saturated heterocycles. The van der Waals surface area contributed by atoms with Crippen molar-refractivity contribution in [2.24, 2.45) is 0 Å². The van der Waals surface area contributed by atoms with E-state index in [1.807, 2.05) is 0 Å². The number of phosphoric acid groups is 1. The SMILES string of the molecule is O=C1OC(C(CO)OP(=O)(O)O)C(OCc2ccc(OC(F)(F)F)cc2)=C1OCc1ccc(OC(F)(F)F)cc1. The van der Waals surface area contributed by atoms with E-state index in [2.05, 4.69) is 14.0 Å². The number of aliphatic hydroxyl groups excluding tert-OH is 1. The number of benzene rings is 2.